The fraction of sp³-hybridized carbons (Fsp3) is 0.550. The van der Waals surface area contributed by atoms with Crippen LogP contribution in [0.1, 0.15) is 49.8 Å². The SMILES string of the molecule is NC(=O)C(Oc1ccc(Cl)cc1)C12CC(c3nnc(C4CC(OC(F)(F)F)C4)o3)(C1)C2. The van der Waals surface area contributed by atoms with Gasteiger partial charge in [-0.05, 0) is 56.4 Å². The molecule has 4 saturated carbocycles. The molecule has 1 aromatic carbocycles. The van der Waals surface area contributed by atoms with Gasteiger partial charge in [-0.3, -0.25) is 9.53 Å². The van der Waals surface area contributed by atoms with Crippen LogP contribution in [0.5, 0.6) is 5.75 Å². The predicted octanol–water partition coefficient (Wildman–Crippen LogP) is 3.86. The molecule has 31 heavy (non-hydrogen) atoms. The third kappa shape index (κ3) is 3.55. The van der Waals surface area contributed by atoms with Crippen molar-refractivity contribution in [3.05, 3.63) is 41.1 Å². The molecule has 2 aromatic rings. The number of benzene rings is 1. The maximum atomic E-state index is 12.3. The van der Waals surface area contributed by atoms with Crippen molar-refractivity contribution in [2.75, 3.05) is 0 Å². The first-order chi connectivity index (χ1) is 14.6. The number of nitrogens with zero attached hydrogens (tertiary/aromatic N) is 2. The highest BCUT2D eigenvalue weighted by Crippen LogP contribution is 2.75. The lowest BCUT2D eigenvalue weighted by molar-refractivity contribution is -0.352. The second kappa shape index (κ2) is 6.83. The zero-order valence-electron chi connectivity index (χ0n) is 16.2. The van der Waals surface area contributed by atoms with Crippen LogP contribution in [-0.2, 0) is 14.9 Å². The molecule has 11 heteroatoms. The number of halogens is 4. The van der Waals surface area contributed by atoms with Crippen LogP contribution in [0.4, 0.5) is 13.2 Å². The van der Waals surface area contributed by atoms with Crippen molar-refractivity contribution >= 4 is 17.5 Å². The minimum Gasteiger partial charge on any atom is -0.480 e. The van der Waals surface area contributed by atoms with Gasteiger partial charge in [-0.15, -0.1) is 23.4 Å². The number of amides is 1. The van der Waals surface area contributed by atoms with Gasteiger partial charge in [0, 0.05) is 16.4 Å². The monoisotopic (exact) mass is 457 g/mol. The number of carbonyl (C=O) groups is 1. The zero-order valence-corrected chi connectivity index (χ0v) is 16.9. The van der Waals surface area contributed by atoms with E-state index in [1.54, 1.807) is 24.3 Å². The summed E-state index contributed by atoms with van der Waals surface area (Å²) in [7, 11) is 0. The summed E-state index contributed by atoms with van der Waals surface area (Å²) < 4.78 is 52.5. The van der Waals surface area contributed by atoms with Gasteiger partial charge in [0.15, 0.2) is 6.10 Å². The molecule has 1 aromatic heterocycles. The van der Waals surface area contributed by atoms with E-state index in [9.17, 15) is 18.0 Å². The predicted molar refractivity (Wildman–Crippen MR) is 100 cm³/mol. The number of carbonyl (C=O) groups excluding carboxylic acids is 1. The third-order valence-electron chi connectivity index (χ3n) is 6.59. The summed E-state index contributed by atoms with van der Waals surface area (Å²) in [6.45, 7) is 0. The molecule has 4 fully saturated rings. The lowest BCUT2D eigenvalue weighted by Crippen LogP contribution is -2.72. The standard InChI is InChI=1S/C20H19ClF3N3O4/c21-11-1-3-12(4-2-11)29-14(15(25)28)18-7-19(8-18,9-18)17-27-26-16(30-17)10-5-13(6-10)31-20(22,23)24/h1-4,10,13-14H,5-9H2,(H2,25,28). The zero-order chi connectivity index (χ0) is 22.0. The summed E-state index contributed by atoms with van der Waals surface area (Å²) in [5.74, 6) is 0.521. The molecule has 2 bridgehead atoms. The topological polar surface area (TPSA) is 100 Å². The van der Waals surface area contributed by atoms with Crippen LogP contribution < -0.4 is 10.5 Å². The first kappa shape index (κ1) is 20.6. The summed E-state index contributed by atoms with van der Waals surface area (Å²) in [5, 5.41) is 8.72. The van der Waals surface area contributed by atoms with Crippen LogP contribution >= 0.6 is 11.6 Å². The van der Waals surface area contributed by atoms with Crippen LogP contribution in [0.2, 0.25) is 5.02 Å². The first-order valence-electron chi connectivity index (χ1n) is 9.88. The number of primary amides is 1. The van der Waals surface area contributed by atoms with Gasteiger partial charge in [-0.2, -0.15) is 0 Å². The van der Waals surface area contributed by atoms with Crippen molar-refractivity contribution in [3.63, 3.8) is 0 Å². The highest BCUT2D eigenvalue weighted by Gasteiger charge is 2.75. The van der Waals surface area contributed by atoms with E-state index in [-0.39, 0.29) is 29.6 Å². The molecule has 1 unspecified atom stereocenters. The second-order valence-corrected chi connectivity index (χ2v) is 9.26. The Balaban J connectivity index is 1.21. The quantitative estimate of drug-likeness (QED) is 0.677. The summed E-state index contributed by atoms with van der Waals surface area (Å²) in [5.41, 5.74) is 4.90. The van der Waals surface area contributed by atoms with Crippen molar-refractivity contribution in [1.82, 2.24) is 10.2 Å². The number of hydrogen-bond acceptors (Lipinski definition) is 6. The van der Waals surface area contributed by atoms with Crippen molar-refractivity contribution in [1.29, 1.82) is 0 Å². The second-order valence-electron chi connectivity index (χ2n) is 8.83. The smallest absolute Gasteiger partial charge is 0.480 e. The van der Waals surface area contributed by atoms with Gasteiger partial charge in [0.2, 0.25) is 11.8 Å². The van der Waals surface area contributed by atoms with Crippen molar-refractivity contribution in [3.8, 4) is 5.75 Å². The van der Waals surface area contributed by atoms with Gasteiger partial charge in [0.05, 0.1) is 11.5 Å². The first-order valence-corrected chi connectivity index (χ1v) is 10.3. The molecule has 6 rings (SSSR count). The fourth-order valence-corrected chi connectivity index (χ4v) is 5.30. The Bertz CT molecular complexity index is 984. The molecule has 0 radical (unpaired) electrons. The maximum absolute atomic E-state index is 12.3. The lowest BCUT2D eigenvalue weighted by atomic mass is 9.33. The Labute approximate surface area is 180 Å². The molecule has 0 saturated heterocycles. The van der Waals surface area contributed by atoms with Gasteiger partial charge >= 0.3 is 6.36 Å². The average Bonchev–Trinajstić information content (AvgIpc) is 3.04. The van der Waals surface area contributed by atoms with E-state index in [2.05, 4.69) is 14.9 Å². The molecule has 0 aliphatic heterocycles. The molecule has 7 nitrogen and oxygen atoms in total. The lowest BCUT2D eigenvalue weighted by Gasteiger charge is -2.70. The van der Waals surface area contributed by atoms with Crippen molar-refractivity contribution in [2.45, 2.75) is 62.0 Å². The van der Waals surface area contributed by atoms with E-state index in [1.807, 2.05) is 0 Å². The number of rotatable bonds is 7. The van der Waals surface area contributed by atoms with E-state index >= 15 is 0 Å². The highest BCUT2D eigenvalue weighted by atomic mass is 35.5. The van der Waals surface area contributed by atoms with Gasteiger partial charge < -0.3 is 14.9 Å². The average molecular weight is 458 g/mol. The summed E-state index contributed by atoms with van der Waals surface area (Å²) >= 11 is 5.88. The van der Waals surface area contributed by atoms with Crippen LogP contribution in [0, 0.1) is 5.41 Å². The van der Waals surface area contributed by atoms with Crippen LogP contribution in [0.25, 0.3) is 0 Å². The highest BCUT2D eigenvalue weighted by molar-refractivity contribution is 6.30. The molecular formula is C20H19ClF3N3O4. The van der Waals surface area contributed by atoms with Crippen molar-refractivity contribution in [2.24, 2.45) is 11.1 Å². The van der Waals surface area contributed by atoms with Crippen molar-refractivity contribution < 1.29 is 31.9 Å². The van der Waals surface area contributed by atoms with Gasteiger partial charge in [-0.25, -0.2) is 0 Å². The number of nitrogens with two attached hydrogens (primary N) is 1. The number of alkyl halides is 3. The molecule has 1 atom stereocenters. The molecule has 0 spiro atoms. The molecule has 2 N–H and O–H groups in total. The number of hydrogen-bond donors (Lipinski definition) is 1. The van der Waals surface area contributed by atoms with E-state index in [1.165, 1.54) is 0 Å². The minimum absolute atomic E-state index is 0.191. The van der Waals surface area contributed by atoms with E-state index in [4.69, 9.17) is 26.5 Å². The molecular weight excluding hydrogens is 439 g/mol. The molecule has 166 valence electrons. The third-order valence-corrected chi connectivity index (χ3v) is 6.84. The molecule has 1 amide bonds. The van der Waals surface area contributed by atoms with E-state index < -0.39 is 24.5 Å². The largest absolute Gasteiger partial charge is 0.522 e. The summed E-state index contributed by atoms with van der Waals surface area (Å²) in [4.78, 5) is 12.1. The Hall–Kier alpha value is -2.33. The normalized spacial score (nSPS) is 32.4. The summed E-state index contributed by atoms with van der Waals surface area (Å²) in [6, 6.07) is 6.70. The van der Waals surface area contributed by atoms with Crippen LogP contribution in [-0.4, -0.2) is 34.7 Å². The minimum atomic E-state index is -4.64. The van der Waals surface area contributed by atoms with Gasteiger partial charge in [-0.1, -0.05) is 11.6 Å². The Morgan fingerprint density at radius 3 is 2.42 bits per heavy atom. The molecule has 4 aliphatic carbocycles. The molecule has 4 aliphatic rings. The number of aromatic nitrogens is 2. The Kier molecular flexibility index (Phi) is 4.53. The van der Waals surface area contributed by atoms with E-state index in [0.29, 0.717) is 41.8 Å². The Morgan fingerprint density at radius 2 is 1.84 bits per heavy atom. The van der Waals surface area contributed by atoms with Gasteiger partial charge in [0.25, 0.3) is 5.91 Å². The summed E-state index contributed by atoms with van der Waals surface area (Å²) in [6.07, 6.45) is -4.06. The molecule has 1 heterocycles. The Morgan fingerprint density at radius 1 is 1.19 bits per heavy atom. The van der Waals surface area contributed by atoms with Crippen LogP contribution in [0.15, 0.2) is 28.7 Å². The number of ether oxygens (including phenoxy) is 2. The van der Waals surface area contributed by atoms with Crippen LogP contribution in [0.3, 0.4) is 0 Å². The fourth-order valence-electron chi connectivity index (χ4n) is 5.17. The van der Waals surface area contributed by atoms with Gasteiger partial charge in [0.1, 0.15) is 5.75 Å². The maximum Gasteiger partial charge on any atom is 0.522 e. The van der Waals surface area contributed by atoms with E-state index in [0.717, 1.165) is 0 Å².